The lowest BCUT2D eigenvalue weighted by molar-refractivity contribution is -0.0388. The molecule has 1 amide bonds. The third kappa shape index (κ3) is 3.05. The molecule has 1 fully saturated rings. The second kappa shape index (κ2) is 6.18. The van der Waals surface area contributed by atoms with Crippen LogP contribution in [0.2, 0.25) is 0 Å². The second-order valence-corrected chi connectivity index (χ2v) is 6.71. The van der Waals surface area contributed by atoms with Gasteiger partial charge in [-0.05, 0) is 20.8 Å². The van der Waals surface area contributed by atoms with Crippen LogP contribution in [0.5, 0.6) is 0 Å². The van der Waals surface area contributed by atoms with E-state index in [1.165, 1.54) is 16.9 Å². The van der Waals surface area contributed by atoms with Crippen molar-refractivity contribution in [3.05, 3.63) is 40.9 Å². The van der Waals surface area contributed by atoms with Crippen molar-refractivity contribution < 1.29 is 9.53 Å². The van der Waals surface area contributed by atoms with E-state index >= 15 is 0 Å². The van der Waals surface area contributed by atoms with Gasteiger partial charge in [-0.2, -0.15) is 0 Å². The third-order valence-electron chi connectivity index (χ3n) is 3.89. The van der Waals surface area contributed by atoms with Gasteiger partial charge in [0.1, 0.15) is 10.7 Å². The summed E-state index contributed by atoms with van der Waals surface area (Å²) in [7, 11) is 0. The quantitative estimate of drug-likeness (QED) is 0.853. The number of benzene rings is 1. The van der Waals surface area contributed by atoms with Crippen LogP contribution in [0.3, 0.4) is 0 Å². The van der Waals surface area contributed by atoms with Crippen molar-refractivity contribution in [3.8, 4) is 10.6 Å². The lowest BCUT2D eigenvalue weighted by Gasteiger charge is -2.36. The van der Waals surface area contributed by atoms with Gasteiger partial charge in [-0.25, -0.2) is 4.98 Å². The van der Waals surface area contributed by atoms with Gasteiger partial charge in [0.25, 0.3) is 5.91 Å². The third-order valence-corrected chi connectivity index (χ3v) is 4.78. The summed E-state index contributed by atoms with van der Waals surface area (Å²) in [6.45, 7) is 7.27. The summed E-state index contributed by atoms with van der Waals surface area (Å²) in [6.07, 6.45) is 0.0790. The molecule has 0 spiro atoms. The van der Waals surface area contributed by atoms with Crippen LogP contribution < -0.4 is 0 Å². The Hall–Kier alpha value is -1.72. The van der Waals surface area contributed by atoms with E-state index in [9.17, 15) is 4.79 Å². The summed E-state index contributed by atoms with van der Waals surface area (Å²) in [5, 5.41) is 2.74. The van der Waals surface area contributed by atoms with Crippen molar-refractivity contribution in [1.29, 1.82) is 0 Å². The van der Waals surface area contributed by atoms with Gasteiger partial charge < -0.3 is 9.64 Å². The molecule has 0 saturated carbocycles. The van der Waals surface area contributed by atoms with Crippen LogP contribution in [0.15, 0.2) is 29.6 Å². The maximum atomic E-state index is 12.7. The van der Waals surface area contributed by atoms with E-state index in [4.69, 9.17) is 4.74 Å². The zero-order valence-corrected chi connectivity index (χ0v) is 13.9. The fraction of sp³-hybridized carbons (Fsp3) is 0.412. The van der Waals surface area contributed by atoms with Gasteiger partial charge in [0.2, 0.25) is 0 Å². The molecule has 0 bridgehead atoms. The van der Waals surface area contributed by atoms with Gasteiger partial charge in [-0.1, -0.05) is 29.8 Å². The smallest absolute Gasteiger partial charge is 0.273 e. The summed E-state index contributed by atoms with van der Waals surface area (Å²) >= 11 is 1.51. The number of aryl methyl sites for hydroxylation is 1. The molecular formula is C17H20N2O2S. The molecular weight excluding hydrogens is 296 g/mol. The van der Waals surface area contributed by atoms with E-state index in [-0.39, 0.29) is 18.1 Å². The molecule has 2 heterocycles. The van der Waals surface area contributed by atoms with Crippen molar-refractivity contribution in [3.63, 3.8) is 0 Å². The van der Waals surface area contributed by atoms with Crippen LogP contribution in [0, 0.1) is 6.92 Å². The highest BCUT2D eigenvalue weighted by molar-refractivity contribution is 7.13. The summed E-state index contributed by atoms with van der Waals surface area (Å²) in [5.41, 5.74) is 2.80. The monoisotopic (exact) mass is 316 g/mol. The number of nitrogens with zero attached hydrogens (tertiary/aromatic N) is 2. The lowest BCUT2D eigenvalue weighted by atomic mass is 10.1. The minimum atomic E-state index is -0.00254. The van der Waals surface area contributed by atoms with E-state index < -0.39 is 0 Å². The van der Waals surface area contributed by atoms with Gasteiger partial charge in [0.05, 0.1) is 18.8 Å². The Morgan fingerprint density at radius 3 is 2.77 bits per heavy atom. The van der Waals surface area contributed by atoms with Crippen LogP contribution in [-0.4, -0.2) is 41.1 Å². The lowest BCUT2D eigenvalue weighted by Crippen LogP contribution is -2.50. The molecule has 0 N–H and O–H groups in total. The summed E-state index contributed by atoms with van der Waals surface area (Å²) in [4.78, 5) is 19.1. The molecule has 1 aromatic carbocycles. The highest BCUT2D eigenvalue weighted by atomic mass is 32.1. The first-order valence-corrected chi connectivity index (χ1v) is 8.37. The zero-order chi connectivity index (χ0) is 15.7. The van der Waals surface area contributed by atoms with E-state index in [2.05, 4.69) is 24.0 Å². The fourth-order valence-electron chi connectivity index (χ4n) is 2.53. The predicted molar refractivity (Wildman–Crippen MR) is 88.2 cm³/mol. The Morgan fingerprint density at radius 2 is 2.05 bits per heavy atom. The SMILES string of the molecule is Cc1ccc(-c2nc(C(=O)N3C[C@H](C)OC[C@@H]3C)cs2)cc1. The van der Waals surface area contributed by atoms with E-state index in [1.807, 2.05) is 36.3 Å². The standard InChI is InChI=1S/C17H20N2O2S/c1-11-4-6-14(7-5-11)16-18-15(10-22-16)17(20)19-8-13(3)21-9-12(19)2/h4-7,10,12-13H,8-9H2,1-3H3/t12-,13-/m0/s1. The number of amides is 1. The van der Waals surface area contributed by atoms with Crippen LogP contribution in [-0.2, 0) is 4.74 Å². The highest BCUT2D eigenvalue weighted by Crippen LogP contribution is 2.25. The number of morpholine rings is 1. The van der Waals surface area contributed by atoms with E-state index in [1.54, 1.807) is 0 Å². The molecule has 1 saturated heterocycles. The molecule has 1 aliphatic rings. The molecule has 4 nitrogen and oxygen atoms in total. The molecule has 5 heteroatoms. The molecule has 22 heavy (non-hydrogen) atoms. The Bertz CT molecular complexity index is 666. The first-order chi connectivity index (χ1) is 10.5. The molecule has 116 valence electrons. The van der Waals surface area contributed by atoms with Crippen molar-refractivity contribution in [2.24, 2.45) is 0 Å². The molecule has 1 aliphatic heterocycles. The number of ether oxygens (including phenoxy) is 1. The second-order valence-electron chi connectivity index (χ2n) is 5.85. The Balaban J connectivity index is 1.81. The van der Waals surface area contributed by atoms with Gasteiger partial charge >= 0.3 is 0 Å². The largest absolute Gasteiger partial charge is 0.375 e. The topological polar surface area (TPSA) is 42.4 Å². The first-order valence-electron chi connectivity index (χ1n) is 7.49. The highest BCUT2D eigenvalue weighted by Gasteiger charge is 2.29. The maximum absolute atomic E-state index is 12.7. The van der Waals surface area contributed by atoms with Crippen LogP contribution in [0.4, 0.5) is 0 Å². The minimum Gasteiger partial charge on any atom is -0.375 e. The number of carbonyl (C=O) groups is 1. The Morgan fingerprint density at radius 1 is 1.32 bits per heavy atom. The average Bonchev–Trinajstić information content (AvgIpc) is 2.99. The average molecular weight is 316 g/mol. The number of hydrogen-bond donors (Lipinski definition) is 0. The van der Waals surface area contributed by atoms with Crippen LogP contribution >= 0.6 is 11.3 Å². The van der Waals surface area contributed by atoms with Crippen molar-refractivity contribution in [1.82, 2.24) is 9.88 Å². The van der Waals surface area contributed by atoms with Gasteiger partial charge in [0, 0.05) is 17.5 Å². The van der Waals surface area contributed by atoms with Crippen LogP contribution in [0.1, 0.15) is 29.9 Å². The van der Waals surface area contributed by atoms with Crippen molar-refractivity contribution >= 4 is 17.2 Å². The number of aromatic nitrogens is 1. The molecule has 3 rings (SSSR count). The maximum Gasteiger partial charge on any atom is 0.273 e. The summed E-state index contributed by atoms with van der Waals surface area (Å²) in [6, 6.07) is 8.30. The van der Waals surface area contributed by atoms with Gasteiger partial charge in [0.15, 0.2) is 0 Å². The Labute approximate surface area is 134 Å². The molecule has 0 unspecified atom stereocenters. The normalized spacial score (nSPS) is 21.9. The van der Waals surface area contributed by atoms with Gasteiger partial charge in [-0.3, -0.25) is 4.79 Å². The number of rotatable bonds is 2. The molecule has 2 atom stereocenters. The molecule has 0 radical (unpaired) electrons. The first kappa shape index (κ1) is 15.2. The number of carbonyl (C=O) groups excluding carboxylic acids is 1. The van der Waals surface area contributed by atoms with Crippen molar-refractivity contribution in [2.75, 3.05) is 13.2 Å². The predicted octanol–water partition coefficient (Wildman–Crippen LogP) is 3.37. The van der Waals surface area contributed by atoms with E-state index in [0.717, 1.165) is 10.6 Å². The molecule has 0 aliphatic carbocycles. The number of thiazole rings is 1. The molecule has 1 aromatic heterocycles. The number of hydrogen-bond acceptors (Lipinski definition) is 4. The molecule has 2 aromatic rings. The van der Waals surface area contributed by atoms with Gasteiger partial charge in [-0.15, -0.1) is 11.3 Å². The van der Waals surface area contributed by atoms with Crippen molar-refractivity contribution in [2.45, 2.75) is 32.9 Å². The summed E-state index contributed by atoms with van der Waals surface area (Å²) < 4.78 is 5.58. The fourth-order valence-corrected chi connectivity index (χ4v) is 3.33. The van der Waals surface area contributed by atoms with E-state index in [0.29, 0.717) is 18.8 Å². The zero-order valence-electron chi connectivity index (χ0n) is 13.1. The van der Waals surface area contributed by atoms with Crippen LogP contribution in [0.25, 0.3) is 10.6 Å². The Kier molecular flexibility index (Phi) is 4.27. The minimum absolute atomic E-state index is 0.00254. The summed E-state index contributed by atoms with van der Waals surface area (Å²) in [5.74, 6) is -0.00254.